The molecule has 0 radical (unpaired) electrons. The predicted octanol–water partition coefficient (Wildman–Crippen LogP) is 6.05. The van der Waals surface area contributed by atoms with E-state index in [0.717, 1.165) is 14.9 Å². The molecule has 0 nitrogen and oxygen atoms in total. The molecule has 1 atom stereocenters. The first-order valence-electron chi connectivity index (χ1n) is 4.84. The Kier molecular flexibility index (Phi) is 4.29. The highest BCUT2D eigenvalue weighted by molar-refractivity contribution is 9.10. The van der Waals surface area contributed by atoms with Crippen LogP contribution >= 0.6 is 54.8 Å². The van der Waals surface area contributed by atoms with E-state index in [1.807, 2.05) is 13.0 Å². The highest BCUT2D eigenvalue weighted by Crippen LogP contribution is 2.40. The maximum absolute atomic E-state index is 13.2. The summed E-state index contributed by atoms with van der Waals surface area (Å²) in [6.07, 6.45) is 0. The third kappa shape index (κ3) is 2.92. The molecule has 2 rings (SSSR count). The van der Waals surface area contributed by atoms with Crippen LogP contribution in [0.15, 0.2) is 33.2 Å². The van der Waals surface area contributed by atoms with Crippen LogP contribution < -0.4 is 0 Å². The van der Waals surface area contributed by atoms with Gasteiger partial charge in [-0.2, -0.15) is 0 Å². The minimum Gasteiger partial charge on any atom is -0.206 e. The summed E-state index contributed by atoms with van der Waals surface area (Å²) in [5, 5.41) is -0.264. The number of hydrogen-bond acceptors (Lipinski definition) is 1. The van der Waals surface area contributed by atoms with Gasteiger partial charge >= 0.3 is 0 Å². The first kappa shape index (κ1) is 13.5. The van der Waals surface area contributed by atoms with Crippen LogP contribution in [-0.2, 0) is 0 Å². The van der Waals surface area contributed by atoms with E-state index in [4.69, 9.17) is 11.6 Å². The Hall–Kier alpha value is 0.1000. The number of halogens is 4. The lowest BCUT2D eigenvalue weighted by atomic mass is 10.1. The number of alkyl halides is 1. The fraction of sp³-hybridized carbons (Fsp3) is 0.167. The lowest BCUT2D eigenvalue weighted by Crippen LogP contribution is -1.92. The zero-order valence-electron chi connectivity index (χ0n) is 8.81. The third-order valence-electron chi connectivity index (χ3n) is 2.30. The quantitative estimate of drug-likeness (QED) is 0.540. The highest BCUT2D eigenvalue weighted by Gasteiger charge is 2.17. The fourth-order valence-electron chi connectivity index (χ4n) is 1.50. The van der Waals surface area contributed by atoms with Crippen LogP contribution in [0.2, 0.25) is 0 Å². The van der Waals surface area contributed by atoms with Crippen molar-refractivity contribution >= 4 is 54.8 Å². The van der Waals surface area contributed by atoms with Crippen molar-refractivity contribution in [2.45, 2.75) is 12.3 Å². The first-order chi connectivity index (χ1) is 7.99. The van der Waals surface area contributed by atoms with Crippen molar-refractivity contribution in [3.63, 3.8) is 0 Å². The Bertz CT molecular complexity index is 553. The smallest absolute Gasteiger partial charge is 0.137 e. The number of benzene rings is 1. The van der Waals surface area contributed by atoms with Gasteiger partial charge in [0.2, 0.25) is 0 Å². The number of hydrogen-bond donors (Lipinski definition) is 0. The molecule has 90 valence electrons. The van der Waals surface area contributed by atoms with Crippen LogP contribution in [0.4, 0.5) is 4.39 Å². The molecule has 17 heavy (non-hydrogen) atoms. The maximum Gasteiger partial charge on any atom is 0.137 e. The molecule has 0 N–H and O–H groups in total. The molecule has 0 aliphatic rings. The topological polar surface area (TPSA) is 0 Å². The van der Waals surface area contributed by atoms with Gasteiger partial charge in [0.1, 0.15) is 5.82 Å². The van der Waals surface area contributed by atoms with Gasteiger partial charge in [0.15, 0.2) is 0 Å². The molecule has 0 saturated heterocycles. The van der Waals surface area contributed by atoms with E-state index < -0.39 is 0 Å². The molecule has 1 aromatic carbocycles. The number of rotatable bonds is 2. The molecule has 0 aliphatic carbocycles. The summed E-state index contributed by atoms with van der Waals surface area (Å²) in [4.78, 5) is 2.24. The normalized spacial score (nSPS) is 12.8. The maximum atomic E-state index is 13.2. The number of aryl methyl sites for hydroxylation is 1. The van der Waals surface area contributed by atoms with E-state index in [2.05, 4.69) is 31.9 Å². The van der Waals surface area contributed by atoms with Crippen LogP contribution in [0.1, 0.15) is 20.7 Å². The van der Waals surface area contributed by atoms with E-state index in [1.54, 1.807) is 23.5 Å². The molecule has 1 heterocycles. The monoisotopic (exact) mass is 396 g/mol. The van der Waals surface area contributed by atoms with E-state index in [9.17, 15) is 4.39 Å². The van der Waals surface area contributed by atoms with Crippen molar-refractivity contribution in [2.24, 2.45) is 0 Å². The molecule has 5 heteroatoms. The van der Waals surface area contributed by atoms with Crippen molar-refractivity contribution < 1.29 is 4.39 Å². The molecular formula is C12H8Br2ClFS. The summed E-state index contributed by atoms with van der Waals surface area (Å²) >= 11 is 14.7. The Morgan fingerprint density at radius 3 is 2.47 bits per heavy atom. The van der Waals surface area contributed by atoms with Gasteiger partial charge in [-0.25, -0.2) is 4.39 Å². The first-order valence-corrected chi connectivity index (χ1v) is 7.68. The summed E-state index contributed by atoms with van der Waals surface area (Å²) in [7, 11) is 0. The van der Waals surface area contributed by atoms with Gasteiger partial charge in [0.05, 0.1) is 9.85 Å². The Morgan fingerprint density at radius 2 is 1.94 bits per heavy atom. The van der Waals surface area contributed by atoms with Crippen molar-refractivity contribution in [1.29, 1.82) is 0 Å². The van der Waals surface area contributed by atoms with E-state index >= 15 is 0 Å². The van der Waals surface area contributed by atoms with Gasteiger partial charge in [-0.15, -0.1) is 22.9 Å². The summed E-state index contributed by atoms with van der Waals surface area (Å²) in [5.41, 5.74) is 0.877. The van der Waals surface area contributed by atoms with Crippen LogP contribution in [0.5, 0.6) is 0 Å². The van der Waals surface area contributed by atoms with Crippen LogP contribution in [0.25, 0.3) is 0 Å². The van der Waals surface area contributed by atoms with Gasteiger partial charge in [-0.05, 0) is 62.5 Å². The predicted molar refractivity (Wildman–Crippen MR) is 78.6 cm³/mol. The highest BCUT2D eigenvalue weighted by atomic mass is 79.9. The average Bonchev–Trinajstić information content (AvgIpc) is 2.61. The van der Waals surface area contributed by atoms with E-state index in [-0.39, 0.29) is 11.2 Å². The molecule has 0 fully saturated rings. The lowest BCUT2D eigenvalue weighted by Gasteiger charge is -2.09. The fourth-order valence-corrected chi connectivity index (χ4v) is 4.30. The van der Waals surface area contributed by atoms with E-state index in [1.165, 1.54) is 10.9 Å². The van der Waals surface area contributed by atoms with Crippen molar-refractivity contribution in [1.82, 2.24) is 0 Å². The van der Waals surface area contributed by atoms with Gasteiger partial charge in [0, 0.05) is 14.2 Å². The van der Waals surface area contributed by atoms with Crippen LogP contribution in [0, 0.1) is 12.7 Å². The summed E-state index contributed by atoms with van der Waals surface area (Å²) < 4.78 is 14.6. The summed E-state index contributed by atoms with van der Waals surface area (Å²) in [6.45, 7) is 2.03. The largest absolute Gasteiger partial charge is 0.206 e. The molecule has 0 aliphatic heterocycles. The van der Waals surface area contributed by atoms with Gasteiger partial charge < -0.3 is 0 Å². The second-order valence-corrected chi connectivity index (χ2v) is 7.04. The number of thiophene rings is 1. The van der Waals surface area contributed by atoms with Crippen molar-refractivity contribution in [2.75, 3.05) is 0 Å². The molecule has 0 bridgehead atoms. The molecule has 2 aromatic rings. The van der Waals surface area contributed by atoms with Gasteiger partial charge in [-0.3, -0.25) is 0 Å². The molecule has 1 unspecified atom stereocenters. The van der Waals surface area contributed by atoms with Crippen LogP contribution in [0.3, 0.4) is 0 Å². The minimum atomic E-state index is -0.279. The standard InChI is InChI=1S/C12H8Br2ClFS/c1-6-4-9(14)12(17-6)11(15)7-2-3-10(16)8(13)5-7/h2-5,11H,1H3. The summed E-state index contributed by atoms with van der Waals surface area (Å²) in [5.74, 6) is -0.279. The Labute approximate surface area is 125 Å². The minimum absolute atomic E-state index is 0.264. The summed E-state index contributed by atoms with van der Waals surface area (Å²) in [6, 6.07) is 6.88. The SMILES string of the molecule is Cc1cc(Br)c(C(Cl)c2ccc(F)c(Br)c2)s1. The lowest BCUT2D eigenvalue weighted by molar-refractivity contribution is 0.620. The average molecular weight is 399 g/mol. The molecule has 0 spiro atoms. The third-order valence-corrected chi connectivity index (χ3v) is 5.54. The van der Waals surface area contributed by atoms with Crippen molar-refractivity contribution in [3.05, 3.63) is 54.3 Å². The molecule has 0 amide bonds. The zero-order valence-corrected chi connectivity index (χ0v) is 13.6. The Balaban J connectivity index is 2.40. The van der Waals surface area contributed by atoms with Gasteiger partial charge in [0.25, 0.3) is 0 Å². The van der Waals surface area contributed by atoms with E-state index in [0.29, 0.717) is 4.47 Å². The zero-order chi connectivity index (χ0) is 12.6. The van der Waals surface area contributed by atoms with Gasteiger partial charge in [-0.1, -0.05) is 6.07 Å². The van der Waals surface area contributed by atoms with Crippen LogP contribution in [-0.4, -0.2) is 0 Å². The second-order valence-electron chi connectivity index (χ2n) is 3.61. The molecule has 0 saturated carbocycles. The Morgan fingerprint density at radius 1 is 1.24 bits per heavy atom. The van der Waals surface area contributed by atoms with Crippen molar-refractivity contribution in [3.8, 4) is 0 Å². The molecular weight excluding hydrogens is 390 g/mol. The molecule has 1 aromatic heterocycles. The second kappa shape index (κ2) is 5.39.